The molecule has 254 valence electrons. The van der Waals surface area contributed by atoms with Crippen molar-refractivity contribution in [3.05, 3.63) is 199 Å². The van der Waals surface area contributed by atoms with Gasteiger partial charge in [0.1, 0.15) is 0 Å². The van der Waals surface area contributed by atoms with Gasteiger partial charge < -0.3 is 14.9 Å². The molecule has 0 bridgehead atoms. The molecular formula is C50H34N4. The van der Waals surface area contributed by atoms with Crippen LogP contribution >= 0.6 is 0 Å². The highest BCUT2D eigenvalue weighted by molar-refractivity contribution is 6.13. The molecule has 0 unspecified atom stereocenters. The number of para-hydroxylation sites is 3. The molecule has 2 N–H and O–H groups in total. The fraction of sp³-hybridized carbons (Fsp3) is 0.0200. The van der Waals surface area contributed by atoms with E-state index in [1.807, 2.05) is 24.4 Å². The molecule has 1 aliphatic rings. The summed E-state index contributed by atoms with van der Waals surface area (Å²) in [7, 11) is 0. The van der Waals surface area contributed by atoms with E-state index in [2.05, 4.69) is 167 Å². The Hall–Kier alpha value is -7.17. The largest absolute Gasteiger partial charge is 0.398 e. The van der Waals surface area contributed by atoms with Gasteiger partial charge in [-0.2, -0.15) is 0 Å². The highest BCUT2D eigenvalue weighted by atomic mass is 15.0. The van der Waals surface area contributed by atoms with Crippen molar-refractivity contribution in [2.24, 2.45) is 0 Å². The lowest BCUT2D eigenvalue weighted by Gasteiger charge is -2.10. The molecule has 7 aromatic carbocycles. The van der Waals surface area contributed by atoms with Gasteiger partial charge in [0.2, 0.25) is 0 Å². The van der Waals surface area contributed by atoms with Gasteiger partial charge in [-0.3, -0.25) is 4.98 Å². The van der Waals surface area contributed by atoms with Crippen molar-refractivity contribution in [2.75, 3.05) is 5.73 Å². The molecule has 11 rings (SSSR count). The summed E-state index contributed by atoms with van der Waals surface area (Å²) in [6, 6.07) is 61.1. The lowest BCUT2D eigenvalue weighted by Crippen LogP contribution is -1.95. The van der Waals surface area contributed by atoms with Gasteiger partial charge in [-0.15, -0.1) is 0 Å². The second-order valence-corrected chi connectivity index (χ2v) is 14.2. The number of rotatable bonds is 5. The van der Waals surface area contributed by atoms with Gasteiger partial charge in [-0.1, -0.05) is 103 Å². The van der Waals surface area contributed by atoms with E-state index in [4.69, 9.17) is 10.7 Å². The maximum atomic E-state index is 6.57. The lowest BCUT2D eigenvalue weighted by molar-refractivity contribution is 1.17. The van der Waals surface area contributed by atoms with E-state index in [0.29, 0.717) is 0 Å². The monoisotopic (exact) mass is 690 g/mol. The molecule has 0 atom stereocenters. The summed E-state index contributed by atoms with van der Waals surface area (Å²) in [6.07, 6.45) is 4.95. The normalized spacial score (nSPS) is 13.0. The Kier molecular flexibility index (Phi) is 6.73. The molecule has 4 heteroatoms. The van der Waals surface area contributed by atoms with Crippen LogP contribution in [-0.4, -0.2) is 14.1 Å². The molecule has 0 spiro atoms. The Morgan fingerprint density at radius 1 is 0.481 bits per heavy atom. The minimum atomic E-state index is 0.769. The van der Waals surface area contributed by atoms with Crippen molar-refractivity contribution in [2.45, 2.75) is 6.42 Å². The van der Waals surface area contributed by atoms with Crippen LogP contribution in [0.1, 0.15) is 16.7 Å². The summed E-state index contributed by atoms with van der Waals surface area (Å²) >= 11 is 0. The number of fused-ring (bicyclic) bond motifs is 9. The smallest absolute Gasteiger partial charge is 0.0787 e. The Labute approximate surface area is 312 Å². The van der Waals surface area contributed by atoms with Gasteiger partial charge in [0, 0.05) is 61.5 Å². The van der Waals surface area contributed by atoms with Crippen LogP contribution in [0.3, 0.4) is 0 Å². The van der Waals surface area contributed by atoms with E-state index in [9.17, 15) is 0 Å². The number of hydrogen-bond acceptors (Lipinski definition) is 2. The molecule has 0 amide bonds. The van der Waals surface area contributed by atoms with Gasteiger partial charge in [0.25, 0.3) is 0 Å². The lowest BCUT2D eigenvalue weighted by atomic mass is 9.99. The van der Waals surface area contributed by atoms with Gasteiger partial charge >= 0.3 is 0 Å². The third-order valence-corrected chi connectivity index (χ3v) is 11.1. The fourth-order valence-electron chi connectivity index (χ4n) is 8.71. The first-order chi connectivity index (χ1) is 26.7. The third-order valence-electron chi connectivity index (χ3n) is 11.1. The van der Waals surface area contributed by atoms with Crippen LogP contribution < -0.4 is 5.73 Å². The highest BCUT2D eigenvalue weighted by Crippen LogP contribution is 2.46. The molecule has 54 heavy (non-hydrogen) atoms. The van der Waals surface area contributed by atoms with Crippen LogP contribution in [0.2, 0.25) is 0 Å². The van der Waals surface area contributed by atoms with E-state index in [-0.39, 0.29) is 0 Å². The van der Waals surface area contributed by atoms with Crippen LogP contribution in [0.25, 0.3) is 82.9 Å². The zero-order valence-electron chi connectivity index (χ0n) is 29.4. The Balaban J connectivity index is 1.05. The topological polar surface area (TPSA) is 48.8 Å². The van der Waals surface area contributed by atoms with Crippen LogP contribution in [0, 0.1) is 0 Å². The van der Waals surface area contributed by atoms with E-state index in [1.54, 1.807) is 0 Å². The number of allylic oxidation sites excluding steroid dienone is 1. The standard InChI is InChI=1S/C50H34N4/c51-44-18-9-16-41-49(44)39(40-17-10-28-52-50(40)41)25-21-32-20-24-38-43-31-34(23-27-47(43)54(48(38)29-32)36-13-5-2-6-14-36)33-22-26-46-42(30-33)37-15-7-8-19-45(37)53(46)35-11-3-1-4-12-35/h1-20,22-31H,21,51H2/b39-25-. The van der Waals surface area contributed by atoms with E-state index < -0.39 is 0 Å². The highest BCUT2D eigenvalue weighted by Gasteiger charge is 2.26. The van der Waals surface area contributed by atoms with Crippen LogP contribution in [0.4, 0.5) is 5.69 Å². The van der Waals surface area contributed by atoms with E-state index in [1.165, 1.54) is 66.0 Å². The number of hydrogen-bond donors (Lipinski definition) is 1. The SMILES string of the molecule is Nc1cccc2c1/C(=C\Cc1ccc3c4cc(-c5ccc6c(c5)c5ccccc5n6-c5ccccc5)ccc4n(-c4ccccc4)c3c1)c1cccnc1-2. The van der Waals surface area contributed by atoms with Gasteiger partial charge in [0.05, 0.1) is 27.8 Å². The number of nitrogens with two attached hydrogens (primary N) is 1. The number of nitrogens with zero attached hydrogens (tertiary/aromatic N) is 3. The molecule has 10 aromatic rings. The number of anilines is 1. The zero-order chi connectivity index (χ0) is 35.8. The van der Waals surface area contributed by atoms with Crippen LogP contribution in [-0.2, 0) is 6.42 Å². The van der Waals surface area contributed by atoms with Crippen LogP contribution in [0.5, 0.6) is 0 Å². The summed E-state index contributed by atoms with van der Waals surface area (Å²) in [5.74, 6) is 0. The van der Waals surface area contributed by atoms with Gasteiger partial charge in [0.15, 0.2) is 0 Å². The second-order valence-electron chi connectivity index (χ2n) is 14.2. The van der Waals surface area contributed by atoms with Crippen LogP contribution in [0.15, 0.2) is 182 Å². The van der Waals surface area contributed by atoms with E-state index >= 15 is 0 Å². The first-order valence-corrected chi connectivity index (χ1v) is 18.5. The summed E-state index contributed by atoms with van der Waals surface area (Å²) in [6.45, 7) is 0. The van der Waals surface area contributed by atoms with Crippen molar-refractivity contribution in [1.82, 2.24) is 14.1 Å². The Bertz CT molecular complexity index is 3130. The first kappa shape index (κ1) is 30.5. The molecule has 3 aromatic heterocycles. The van der Waals surface area contributed by atoms with Gasteiger partial charge in [-0.25, -0.2) is 0 Å². The number of nitrogen functional groups attached to an aromatic ring is 1. The van der Waals surface area contributed by atoms with Gasteiger partial charge in [-0.05, 0) is 101 Å². The van der Waals surface area contributed by atoms with Crippen molar-refractivity contribution < 1.29 is 0 Å². The average molecular weight is 691 g/mol. The minimum absolute atomic E-state index is 0.769. The number of pyridine rings is 1. The van der Waals surface area contributed by atoms with E-state index in [0.717, 1.165) is 45.8 Å². The molecule has 3 heterocycles. The van der Waals surface area contributed by atoms with Crippen molar-refractivity contribution in [1.29, 1.82) is 0 Å². The van der Waals surface area contributed by atoms with Crippen molar-refractivity contribution in [3.8, 4) is 33.8 Å². The second kappa shape index (κ2) is 11.9. The average Bonchev–Trinajstić information content (AvgIpc) is 3.86. The molecule has 0 aliphatic heterocycles. The quantitative estimate of drug-likeness (QED) is 0.183. The summed E-state index contributed by atoms with van der Waals surface area (Å²) in [5.41, 5.74) is 23.6. The maximum absolute atomic E-state index is 6.57. The molecule has 0 saturated heterocycles. The minimum Gasteiger partial charge on any atom is -0.398 e. The number of aromatic nitrogens is 3. The molecule has 0 fully saturated rings. The molecule has 0 radical (unpaired) electrons. The predicted octanol–water partition coefficient (Wildman–Crippen LogP) is 12.2. The summed E-state index contributed by atoms with van der Waals surface area (Å²) in [4.78, 5) is 4.73. The molecule has 1 aliphatic carbocycles. The molecule has 4 nitrogen and oxygen atoms in total. The summed E-state index contributed by atoms with van der Waals surface area (Å²) < 4.78 is 4.78. The van der Waals surface area contributed by atoms with Crippen molar-refractivity contribution >= 4 is 54.9 Å². The predicted molar refractivity (Wildman–Crippen MR) is 225 cm³/mol. The Morgan fingerprint density at radius 3 is 1.81 bits per heavy atom. The molecular weight excluding hydrogens is 657 g/mol. The van der Waals surface area contributed by atoms with Crippen molar-refractivity contribution in [3.63, 3.8) is 0 Å². The Morgan fingerprint density at radius 2 is 1.09 bits per heavy atom. The first-order valence-electron chi connectivity index (χ1n) is 18.5. The maximum Gasteiger partial charge on any atom is 0.0787 e. The molecule has 0 saturated carbocycles. The third kappa shape index (κ3) is 4.60. The summed E-state index contributed by atoms with van der Waals surface area (Å²) in [5, 5.41) is 4.98. The number of benzene rings is 7. The zero-order valence-corrected chi connectivity index (χ0v) is 29.4. The fourth-order valence-corrected chi connectivity index (χ4v) is 8.71.